The zero-order chi connectivity index (χ0) is 18.1. The summed E-state index contributed by atoms with van der Waals surface area (Å²) < 4.78 is 5.36. The fourth-order valence-electron chi connectivity index (χ4n) is 1.92. The first-order chi connectivity index (χ1) is 12.1. The number of rotatable bonds is 8. The van der Waals surface area contributed by atoms with Crippen LogP contribution in [-0.2, 0) is 9.59 Å². The number of thiophene rings is 1. The van der Waals surface area contributed by atoms with Crippen molar-refractivity contribution >= 4 is 34.7 Å². The summed E-state index contributed by atoms with van der Waals surface area (Å²) in [7, 11) is 0. The predicted octanol–water partition coefficient (Wildman–Crippen LogP) is 1.63. The van der Waals surface area contributed by atoms with E-state index in [2.05, 4.69) is 16.0 Å². The monoisotopic (exact) mass is 361 g/mol. The van der Waals surface area contributed by atoms with Gasteiger partial charge in [0.05, 0.1) is 6.54 Å². The second kappa shape index (κ2) is 9.43. The topological polar surface area (TPSA) is 96.5 Å². The first kappa shape index (κ1) is 18.5. The molecule has 0 saturated carbocycles. The van der Waals surface area contributed by atoms with Crippen LogP contribution in [-0.4, -0.2) is 37.4 Å². The fraction of sp³-hybridized carbons (Fsp3) is 0.235. The highest BCUT2D eigenvalue weighted by molar-refractivity contribution is 7.08. The fourth-order valence-corrected chi connectivity index (χ4v) is 2.56. The van der Waals surface area contributed by atoms with Crippen LogP contribution >= 0.6 is 11.3 Å². The highest BCUT2D eigenvalue weighted by Gasteiger charge is 2.09. The van der Waals surface area contributed by atoms with E-state index < -0.39 is 0 Å². The number of hydrogen-bond donors (Lipinski definition) is 3. The van der Waals surface area contributed by atoms with Crippen LogP contribution in [0.15, 0.2) is 41.1 Å². The van der Waals surface area contributed by atoms with Gasteiger partial charge < -0.3 is 20.7 Å². The van der Waals surface area contributed by atoms with Crippen LogP contribution in [0.25, 0.3) is 0 Å². The lowest BCUT2D eigenvalue weighted by Gasteiger charge is -2.09. The van der Waals surface area contributed by atoms with Crippen LogP contribution < -0.4 is 20.7 Å². The predicted molar refractivity (Wildman–Crippen MR) is 95.9 cm³/mol. The summed E-state index contributed by atoms with van der Waals surface area (Å²) in [5.74, 6) is -0.403. The molecule has 0 spiro atoms. The Morgan fingerprint density at radius 1 is 1.12 bits per heavy atom. The van der Waals surface area contributed by atoms with Crippen molar-refractivity contribution in [2.45, 2.75) is 6.92 Å². The first-order valence-corrected chi connectivity index (χ1v) is 8.62. The van der Waals surface area contributed by atoms with Gasteiger partial charge in [-0.05, 0) is 30.5 Å². The Labute approximate surface area is 149 Å². The lowest BCUT2D eigenvalue weighted by Crippen LogP contribution is -2.32. The van der Waals surface area contributed by atoms with E-state index in [-0.39, 0.29) is 30.9 Å². The molecule has 0 bridgehead atoms. The molecule has 1 heterocycles. The normalized spacial score (nSPS) is 9.96. The van der Waals surface area contributed by atoms with Crippen molar-refractivity contribution in [3.05, 3.63) is 46.7 Å². The maximum Gasteiger partial charge on any atom is 0.257 e. The molecule has 0 unspecified atom stereocenters. The molecule has 1 aromatic carbocycles. The van der Waals surface area contributed by atoms with Crippen molar-refractivity contribution in [1.29, 1.82) is 0 Å². The number of nitrogens with one attached hydrogen (secondary N) is 3. The summed E-state index contributed by atoms with van der Waals surface area (Å²) >= 11 is 1.41. The van der Waals surface area contributed by atoms with Crippen molar-refractivity contribution in [3.63, 3.8) is 0 Å². The van der Waals surface area contributed by atoms with Crippen LogP contribution in [0.1, 0.15) is 17.3 Å². The molecule has 0 radical (unpaired) electrons. The van der Waals surface area contributed by atoms with Gasteiger partial charge in [-0.15, -0.1) is 0 Å². The third-order valence-corrected chi connectivity index (χ3v) is 3.74. The van der Waals surface area contributed by atoms with E-state index in [1.807, 2.05) is 6.92 Å². The summed E-state index contributed by atoms with van der Waals surface area (Å²) in [6, 6.07) is 8.38. The van der Waals surface area contributed by atoms with Crippen LogP contribution in [0.3, 0.4) is 0 Å². The second-order valence-electron chi connectivity index (χ2n) is 5.01. The summed E-state index contributed by atoms with van der Waals surface area (Å²) in [5, 5.41) is 11.3. The number of ether oxygens (including phenoxy) is 1. The number of benzene rings is 1. The van der Waals surface area contributed by atoms with Gasteiger partial charge in [-0.3, -0.25) is 14.4 Å². The Balaban J connectivity index is 1.81. The van der Waals surface area contributed by atoms with Gasteiger partial charge in [-0.25, -0.2) is 0 Å². The molecule has 132 valence electrons. The summed E-state index contributed by atoms with van der Waals surface area (Å²) in [5.41, 5.74) is 1.04. The quantitative estimate of drug-likeness (QED) is 0.666. The lowest BCUT2D eigenvalue weighted by atomic mass is 10.3. The number of carbonyl (C=O) groups excluding carboxylic acids is 3. The van der Waals surface area contributed by atoms with Gasteiger partial charge in [0.2, 0.25) is 5.91 Å². The van der Waals surface area contributed by atoms with Gasteiger partial charge in [0.25, 0.3) is 11.8 Å². The third kappa shape index (κ3) is 6.27. The Kier molecular flexibility index (Phi) is 6.97. The number of anilines is 1. The number of hydrogen-bond acceptors (Lipinski definition) is 5. The lowest BCUT2D eigenvalue weighted by molar-refractivity contribution is -0.123. The number of amides is 3. The molecule has 0 aliphatic heterocycles. The van der Waals surface area contributed by atoms with E-state index in [0.29, 0.717) is 23.5 Å². The first-order valence-electron chi connectivity index (χ1n) is 7.68. The van der Waals surface area contributed by atoms with Crippen LogP contribution in [0, 0.1) is 0 Å². The maximum atomic E-state index is 11.9. The van der Waals surface area contributed by atoms with Gasteiger partial charge >= 0.3 is 0 Å². The Morgan fingerprint density at radius 3 is 2.68 bits per heavy atom. The second-order valence-corrected chi connectivity index (χ2v) is 5.79. The molecule has 7 nitrogen and oxygen atoms in total. The maximum absolute atomic E-state index is 11.9. The molecule has 3 amide bonds. The highest BCUT2D eigenvalue weighted by atomic mass is 32.1. The SMILES string of the molecule is CCNC(=O)COc1cccc(NC(=O)CNC(=O)c2ccsc2)c1. The molecule has 8 heteroatoms. The molecular weight excluding hydrogens is 342 g/mol. The van der Waals surface area contributed by atoms with Crippen LogP contribution in [0.4, 0.5) is 5.69 Å². The minimum atomic E-state index is -0.357. The van der Waals surface area contributed by atoms with E-state index in [4.69, 9.17) is 4.74 Å². The molecule has 0 atom stereocenters. The Bertz CT molecular complexity index is 731. The minimum Gasteiger partial charge on any atom is -0.484 e. The molecule has 1 aromatic heterocycles. The Hall–Kier alpha value is -2.87. The summed E-state index contributed by atoms with van der Waals surface area (Å²) in [6.45, 7) is 2.13. The van der Waals surface area contributed by atoms with Gasteiger partial charge in [-0.2, -0.15) is 11.3 Å². The van der Waals surface area contributed by atoms with Crippen molar-refractivity contribution in [2.24, 2.45) is 0 Å². The van der Waals surface area contributed by atoms with Crippen LogP contribution in [0.2, 0.25) is 0 Å². The number of carbonyl (C=O) groups is 3. The summed E-state index contributed by atoms with van der Waals surface area (Å²) in [4.78, 5) is 35.1. The van der Waals surface area contributed by atoms with Gasteiger partial charge in [0.1, 0.15) is 5.75 Å². The van der Waals surface area contributed by atoms with Gasteiger partial charge in [0, 0.05) is 29.2 Å². The van der Waals surface area contributed by atoms with Crippen LogP contribution in [0.5, 0.6) is 5.75 Å². The molecular formula is C17H19N3O4S. The Morgan fingerprint density at radius 2 is 1.96 bits per heavy atom. The van der Waals surface area contributed by atoms with E-state index >= 15 is 0 Å². The van der Waals surface area contributed by atoms with Crippen molar-refractivity contribution < 1.29 is 19.1 Å². The average molecular weight is 361 g/mol. The molecule has 0 aliphatic rings. The summed E-state index contributed by atoms with van der Waals surface area (Å²) in [6.07, 6.45) is 0. The van der Waals surface area contributed by atoms with E-state index in [1.54, 1.807) is 41.1 Å². The molecule has 2 aromatic rings. The van der Waals surface area contributed by atoms with Crippen molar-refractivity contribution in [1.82, 2.24) is 10.6 Å². The third-order valence-electron chi connectivity index (χ3n) is 3.05. The zero-order valence-corrected chi connectivity index (χ0v) is 14.5. The molecule has 0 saturated heterocycles. The van der Waals surface area contributed by atoms with E-state index in [0.717, 1.165) is 0 Å². The van der Waals surface area contributed by atoms with Crippen molar-refractivity contribution in [3.8, 4) is 5.75 Å². The average Bonchev–Trinajstić information content (AvgIpc) is 3.13. The van der Waals surface area contributed by atoms with Crippen molar-refractivity contribution in [2.75, 3.05) is 25.0 Å². The zero-order valence-electron chi connectivity index (χ0n) is 13.7. The van der Waals surface area contributed by atoms with E-state index in [1.165, 1.54) is 11.3 Å². The highest BCUT2D eigenvalue weighted by Crippen LogP contribution is 2.17. The standard InChI is InChI=1S/C17H19N3O4S/c1-2-18-16(22)10-24-14-5-3-4-13(8-14)20-15(21)9-19-17(23)12-6-7-25-11-12/h3-8,11H,2,9-10H2,1H3,(H,18,22)(H,19,23)(H,20,21). The van der Waals surface area contributed by atoms with Gasteiger partial charge in [0.15, 0.2) is 6.61 Å². The molecule has 2 rings (SSSR count). The number of likely N-dealkylation sites (N-methyl/N-ethyl adjacent to an activating group) is 1. The molecule has 3 N–H and O–H groups in total. The molecule has 0 fully saturated rings. The smallest absolute Gasteiger partial charge is 0.257 e. The molecule has 25 heavy (non-hydrogen) atoms. The minimum absolute atomic E-state index is 0.0953. The van der Waals surface area contributed by atoms with E-state index in [9.17, 15) is 14.4 Å². The molecule has 0 aliphatic carbocycles. The van der Waals surface area contributed by atoms with Gasteiger partial charge in [-0.1, -0.05) is 6.07 Å². The largest absolute Gasteiger partial charge is 0.484 e.